The van der Waals surface area contributed by atoms with Crippen LogP contribution in [0.2, 0.25) is 0 Å². The Morgan fingerprint density at radius 1 is 0.852 bits per heavy atom. The van der Waals surface area contributed by atoms with E-state index < -0.39 is 41.1 Å². The highest BCUT2D eigenvalue weighted by Crippen LogP contribution is 2.44. The second-order valence-electron chi connectivity index (χ2n) is 8.24. The van der Waals surface area contributed by atoms with Gasteiger partial charge in [0.25, 0.3) is 0 Å². The maximum Gasteiger partial charge on any atom is 0.333 e. The van der Waals surface area contributed by atoms with Crippen LogP contribution in [0.4, 0.5) is 0 Å². The molecule has 0 amide bonds. The molecule has 0 radical (unpaired) electrons. The van der Waals surface area contributed by atoms with Crippen molar-refractivity contribution in [1.82, 2.24) is 0 Å². The van der Waals surface area contributed by atoms with Crippen molar-refractivity contribution < 1.29 is 28.5 Å². The fraction of sp³-hybridized carbons (Fsp3) is 0.714. The first-order valence-corrected chi connectivity index (χ1v) is 9.34. The van der Waals surface area contributed by atoms with Gasteiger partial charge in [0.2, 0.25) is 0 Å². The van der Waals surface area contributed by atoms with Crippen LogP contribution >= 0.6 is 0 Å². The molecule has 6 heteroatoms. The molecule has 0 spiro atoms. The molecule has 1 aliphatic rings. The molecule has 0 aromatic heterocycles. The number of hydrogen-bond acceptors (Lipinski definition) is 6. The van der Waals surface area contributed by atoms with Crippen LogP contribution in [-0.4, -0.2) is 41.1 Å². The molecule has 0 aliphatic carbocycles. The lowest BCUT2D eigenvalue weighted by molar-refractivity contribution is -0.206. The molecule has 0 bridgehead atoms. The largest absolute Gasteiger partial charge is 0.453 e. The van der Waals surface area contributed by atoms with Gasteiger partial charge in [-0.2, -0.15) is 0 Å². The molecule has 1 fully saturated rings. The highest BCUT2D eigenvalue weighted by Gasteiger charge is 2.58. The lowest BCUT2D eigenvalue weighted by Crippen LogP contribution is -2.55. The summed E-state index contributed by atoms with van der Waals surface area (Å²) in [6, 6.07) is 0. The van der Waals surface area contributed by atoms with E-state index in [1.807, 2.05) is 13.8 Å². The summed E-state index contributed by atoms with van der Waals surface area (Å²) in [5.74, 6) is -1.86. The minimum atomic E-state index is -1.03. The molecule has 0 unspecified atom stereocenters. The average Bonchev–Trinajstić information content (AvgIpc) is 2.96. The lowest BCUT2D eigenvalue weighted by atomic mass is 9.87. The first-order valence-electron chi connectivity index (χ1n) is 9.34. The molecule has 0 saturated carbocycles. The van der Waals surface area contributed by atoms with Gasteiger partial charge in [0.1, 0.15) is 23.4 Å². The normalized spacial score (nSPS) is 22.2. The fourth-order valence-electron chi connectivity index (χ4n) is 2.98. The van der Waals surface area contributed by atoms with Crippen molar-refractivity contribution in [2.24, 2.45) is 0 Å². The number of ether oxygens (including phenoxy) is 4. The van der Waals surface area contributed by atoms with Gasteiger partial charge in [0.05, 0.1) is 0 Å². The third-order valence-electron chi connectivity index (χ3n) is 4.81. The molecule has 1 aliphatic heterocycles. The molecule has 27 heavy (non-hydrogen) atoms. The van der Waals surface area contributed by atoms with E-state index >= 15 is 0 Å². The lowest BCUT2D eigenvalue weighted by Gasteiger charge is -2.39. The molecule has 1 heterocycles. The van der Waals surface area contributed by atoms with Crippen molar-refractivity contribution in [2.75, 3.05) is 0 Å². The monoisotopic (exact) mass is 382 g/mol. The number of esters is 2. The predicted molar refractivity (Wildman–Crippen MR) is 103 cm³/mol. The van der Waals surface area contributed by atoms with E-state index in [-0.39, 0.29) is 0 Å². The molecule has 2 atom stereocenters. The van der Waals surface area contributed by atoms with E-state index in [1.54, 1.807) is 41.5 Å². The Balaban J connectivity index is 3.27. The maximum atomic E-state index is 12.1. The van der Waals surface area contributed by atoms with E-state index in [0.717, 1.165) is 0 Å². The van der Waals surface area contributed by atoms with Gasteiger partial charge in [-0.1, -0.05) is 27.0 Å². The second kappa shape index (κ2) is 8.15. The van der Waals surface area contributed by atoms with E-state index in [2.05, 4.69) is 13.2 Å². The summed E-state index contributed by atoms with van der Waals surface area (Å²) in [4.78, 5) is 24.2. The van der Waals surface area contributed by atoms with Gasteiger partial charge in [-0.15, -0.1) is 0 Å². The van der Waals surface area contributed by atoms with Gasteiger partial charge in [-0.25, -0.2) is 9.59 Å². The number of carbonyl (C=O) groups excluding carboxylic acids is 2. The quantitative estimate of drug-likeness (QED) is 0.465. The highest BCUT2D eigenvalue weighted by molar-refractivity contribution is 5.87. The Bertz CT molecular complexity index is 562. The van der Waals surface area contributed by atoms with Crippen molar-refractivity contribution in [3.8, 4) is 0 Å². The first kappa shape index (κ1) is 23.4. The van der Waals surface area contributed by atoms with Gasteiger partial charge in [0, 0.05) is 11.1 Å². The van der Waals surface area contributed by atoms with Crippen LogP contribution in [0.25, 0.3) is 0 Å². The third kappa shape index (κ3) is 5.20. The molecule has 0 N–H and O–H groups in total. The topological polar surface area (TPSA) is 71.1 Å². The predicted octanol–water partition coefficient (Wildman–Crippen LogP) is 4.08. The summed E-state index contributed by atoms with van der Waals surface area (Å²) >= 11 is 0. The van der Waals surface area contributed by atoms with Gasteiger partial charge < -0.3 is 18.9 Å². The van der Waals surface area contributed by atoms with Crippen molar-refractivity contribution >= 4 is 11.9 Å². The summed E-state index contributed by atoms with van der Waals surface area (Å²) in [5.41, 5.74) is -1.47. The number of hydrogen-bond donors (Lipinski definition) is 0. The Morgan fingerprint density at radius 3 is 1.37 bits per heavy atom. The van der Waals surface area contributed by atoms with Crippen LogP contribution in [0.5, 0.6) is 0 Å². The zero-order valence-corrected chi connectivity index (χ0v) is 17.9. The second-order valence-corrected chi connectivity index (χ2v) is 8.24. The van der Waals surface area contributed by atoms with Gasteiger partial charge in [-0.05, 0) is 54.4 Å². The Labute approximate surface area is 162 Å². The minimum Gasteiger partial charge on any atom is -0.453 e. The van der Waals surface area contributed by atoms with Crippen LogP contribution in [0.15, 0.2) is 24.3 Å². The zero-order valence-electron chi connectivity index (χ0n) is 17.9. The summed E-state index contributed by atoms with van der Waals surface area (Å²) < 4.78 is 23.9. The molecule has 1 rings (SSSR count). The average molecular weight is 382 g/mol. The molecule has 6 nitrogen and oxygen atoms in total. The summed E-state index contributed by atoms with van der Waals surface area (Å²) in [6.45, 7) is 21.4. The van der Waals surface area contributed by atoms with Gasteiger partial charge in [0.15, 0.2) is 5.79 Å². The van der Waals surface area contributed by atoms with Crippen LogP contribution in [-0.2, 0) is 28.5 Å². The number of carbonyl (C=O) groups is 2. The smallest absolute Gasteiger partial charge is 0.333 e. The van der Waals surface area contributed by atoms with Crippen LogP contribution in [0.1, 0.15) is 68.2 Å². The van der Waals surface area contributed by atoms with Crippen LogP contribution < -0.4 is 0 Å². The fourth-order valence-corrected chi connectivity index (χ4v) is 2.98. The van der Waals surface area contributed by atoms with Crippen molar-refractivity contribution in [3.63, 3.8) is 0 Å². The van der Waals surface area contributed by atoms with E-state index in [9.17, 15) is 9.59 Å². The third-order valence-corrected chi connectivity index (χ3v) is 4.81. The Kier molecular flexibility index (Phi) is 7.06. The van der Waals surface area contributed by atoms with Gasteiger partial charge >= 0.3 is 11.9 Å². The zero-order chi connectivity index (χ0) is 21.2. The SMILES string of the molecule is C=C(C)C(=O)OC(C)(C)[C@@H]1OC(CC)(CC)O[C@H]1C(C)(C)OC(=O)C(=C)C. The van der Waals surface area contributed by atoms with Crippen molar-refractivity contribution in [3.05, 3.63) is 24.3 Å². The molecule has 0 aromatic rings. The Hall–Kier alpha value is -1.66. The summed E-state index contributed by atoms with van der Waals surface area (Å²) in [5, 5.41) is 0. The van der Waals surface area contributed by atoms with Crippen molar-refractivity contribution in [2.45, 2.75) is 97.4 Å². The minimum absolute atomic E-state index is 0.295. The Morgan fingerprint density at radius 2 is 1.15 bits per heavy atom. The maximum absolute atomic E-state index is 12.1. The summed E-state index contributed by atoms with van der Waals surface area (Å²) in [7, 11) is 0. The molecule has 154 valence electrons. The molecular weight excluding hydrogens is 348 g/mol. The van der Waals surface area contributed by atoms with Crippen molar-refractivity contribution in [1.29, 1.82) is 0 Å². The van der Waals surface area contributed by atoms with Gasteiger partial charge in [-0.3, -0.25) is 0 Å². The van der Waals surface area contributed by atoms with Crippen LogP contribution in [0.3, 0.4) is 0 Å². The highest BCUT2D eigenvalue weighted by atomic mass is 16.8. The molecule has 0 aromatic carbocycles. The molecular formula is C21H34O6. The van der Waals surface area contributed by atoms with E-state index in [0.29, 0.717) is 24.0 Å². The van der Waals surface area contributed by atoms with E-state index in [1.165, 1.54) is 0 Å². The first-order chi connectivity index (χ1) is 12.2. The van der Waals surface area contributed by atoms with E-state index in [4.69, 9.17) is 18.9 Å². The van der Waals surface area contributed by atoms with Crippen LogP contribution in [0, 0.1) is 0 Å². The standard InChI is InChI=1S/C21H34O6/c1-11-21(12-2)24-15(19(7,8)26-17(22)13(3)4)16(25-21)20(9,10)27-18(23)14(5)6/h15-16H,3,5,11-12H2,1-2,4,6-10H3/t15-,16-/m1/s1. The molecule has 1 saturated heterocycles. The summed E-state index contributed by atoms with van der Waals surface area (Å²) in [6.07, 6.45) is -0.0842. The number of rotatable bonds is 8.